The molecule has 0 aliphatic carbocycles. The smallest absolute Gasteiger partial charge is 0.276 e. The second-order valence-electron chi connectivity index (χ2n) is 5.24. The summed E-state index contributed by atoms with van der Waals surface area (Å²) < 4.78 is 5.24. The summed E-state index contributed by atoms with van der Waals surface area (Å²) in [6.07, 6.45) is 3.32. The molecule has 3 aromatic rings. The van der Waals surface area contributed by atoms with Gasteiger partial charge in [0.05, 0.1) is 0 Å². The predicted molar refractivity (Wildman–Crippen MR) is 114 cm³/mol. The Morgan fingerprint density at radius 3 is 2.69 bits per heavy atom. The Kier molecular flexibility index (Phi) is 8.48. The minimum Gasteiger partial charge on any atom is -0.356 e. The third-order valence-corrected chi connectivity index (χ3v) is 4.40. The number of halogens is 1. The van der Waals surface area contributed by atoms with Crippen molar-refractivity contribution in [3.63, 3.8) is 0 Å². The van der Waals surface area contributed by atoms with Gasteiger partial charge in [0.15, 0.2) is 11.8 Å². The Hall–Kier alpha value is -2.01. The van der Waals surface area contributed by atoms with Crippen LogP contribution in [0, 0.1) is 0 Å². The Bertz CT molecular complexity index is 791. The molecule has 3 aromatic heterocycles. The summed E-state index contributed by atoms with van der Waals surface area (Å²) in [7, 11) is 1.76. The number of aromatic nitrogens is 3. The first-order valence-corrected chi connectivity index (χ1v) is 8.94. The number of thiophene rings is 1. The maximum Gasteiger partial charge on any atom is 0.276 e. The fourth-order valence-electron chi connectivity index (χ4n) is 2.22. The molecule has 0 saturated carbocycles. The van der Waals surface area contributed by atoms with E-state index in [4.69, 9.17) is 4.52 Å². The SMILES string of the molecule is CN=C(NCCc1noc(-c2ccccn2)n1)NCCc1cccs1.I. The average Bonchev–Trinajstić information content (AvgIpc) is 3.33. The predicted octanol–water partition coefficient (Wildman–Crippen LogP) is 2.76. The van der Waals surface area contributed by atoms with Gasteiger partial charge in [-0.1, -0.05) is 17.3 Å². The summed E-state index contributed by atoms with van der Waals surface area (Å²) >= 11 is 1.77. The molecular weight excluding hydrogens is 463 g/mol. The molecule has 0 atom stereocenters. The fraction of sp³-hybridized carbons (Fsp3) is 0.294. The van der Waals surface area contributed by atoms with Crippen LogP contribution in [0.2, 0.25) is 0 Å². The van der Waals surface area contributed by atoms with E-state index >= 15 is 0 Å². The fourth-order valence-corrected chi connectivity index (χ4v) is 2.93. The lowest BCUT2D eigenvalue weighted by atomic mass is 10.3. The first kappa shape index (κ1) is 20.3. The van der Waals surface area contributed by atoms with Gasteiger partial charge in [-0.2, -0.15) is 4.98 Å². The molecule has 0 aliphatic heterocycles. The van der Waals surface area contributed by atoms with E-state index in [1.165, 1.54) is 4.88 Å². The molecule has 0 fully saturated rings. The Morgan fingerprint density at radius 2 is 2.00 bits per heavy atom. The standard InChI is InChI=1S/C17H20N6OS.HI/c1-18-17(20-10-7-13-5-4-12-25-13)21-11-8-15-22-16(24-23-15)14-6-2-3-9-19-14;/h2-6,9,12H,7-8,10-11H2,1H3,(H2,18,20,21);1H. The molecule has 26 heavy (non-hydrogen) atoms. The van der Waals surface area contributed by atoms with Gasteiger partial charge >= 0.3 is 0 Å². The van der Waals surface area contributed by atoms with Gasteiger partial charge in [-0.3, -0.25) is 9.98 Å². The highest BCUT2D eigenvalue weighted by molar-refractivity contribution is 14.0. The van der Waals surface area contributed by atoms with E-state index in [0.717, 1.165) is 18.9 Å². The van der Waals surface area contributed by atoms with Crippen molar-refractivity contribution < 1.29 is 4.52 Å². The van der Waals surface area contributed by atoms with Crippen molar-refractivity contribution in [2.75, 3.05) is 20.1 Å². The van der Waals surface area contributed by atoms with E-state index in [1.54, 1.807) is 24.6 Å². The lowest BCUT2D eigenvalue weighted by Gasteiger charge is -2.10. The number of nitrogens with one attached hydrogen (secondary N) is 2. The van der Waals surface area contributed by atoms with Crippen LogP contribution in [-0.4, -0.2) is 41.2 Å². The van der Waals surface area contributed by atoms with E-state index in [-0.39, 0.29) is 24.0 Å². The first-order chi connectivity index (χ1) is 12.3. The highest BCUT2D eigenvalue weighted by Gasteiger charge is 2.09. The quantitative estimate of drug-likeness (QED) is 0.305. The highest BCUT2D eigenvalue weighted by atomic mass is 127. The van der Waals surface area contributed by atoms with Crippen LogP contribution in [-0.2, 0) is 12.8 Å². The molecule has 0 spiro atoms. The lowest BCUT2D eigenvalue weighted by molar-refractivity contribution is 0.421. The minimum atomic E-state index is 0. The number of hydrogen-bond donors (Lipinski definition) is 2. The Balaban J connectivity index is 0.00000243. The summed E-state index contributed by atoms with van der Waals surface area (Å²) in [6.45, 7) is 1.51. The van der Waals surface area contributed by atoms with Gasteiger partial charge in [-0.15, -0.1) is 35.3 Å². The largest absolute Gasteiger partial charge is 0.356 e. The molecule has 0 saturated heterocycles. The number of hydrogen-bond acceptors (Lipinski definition) is 6. The van der Waals surface area contributed by atoms with Gasteiger partial charge < -0.3 is 15.2 Å². The summed E-state index contributed by atoms with van der Waals surface area (Å²) in [4.78, 5) is 14.1. The van der Waals surface area contributed by atoms with Gasteiger partial charge in [0, 0.05) is 37.6 Å². The van der Waals surface area contributed by atoms with Crippen LogP contribution in [0.3, 0.4) is 0 Å². The highest BCUT2D eigenvalue weighted by Crippen LogP contribution is 2.13. The van der Waals surface area contributed by atoms with Crippen molar-refractivity contribution in [3.05, 3.63) is 52.6 Å². The Labute approximate surface area is 173 Å². The van der Waals surface area contributed by atoms with Crippen LogP contribution >= 0.6 is 35.3 Å². The van der Waals surface area contributed by atoms with Gasteiger partial charge in [0.25, 0.3) is 5.89 Å². The van der Waals surface area contributed by atoms with E-state index < -0.39 is 0 Å². The summed E-state index contributed by atoms with van der Waals surface area (Å²) in [6, 6.07) is 9.78. The monoisotopic (exact) mass is 484 g/mol. The third-order valence-electron chi connectivity index (χ3n) is 3.46. The molecule has 0 aromatic carbocycles. The van der Waals surface area contributed by atoms with E-state index in [0.29, 0.717) is 30.4 Å². The first-order valence-electron chi connectivity index (χ1n) is 8.06. The van der Waals surface area contributed by atoms with E-state index in [9.17, 15) is 0 Å². The van der Waals surface area contributed by atoms with Crippen LogP contribution in [0.5, 0.6) is 0 Å². The van der Waals surface area contributed by atoms with Crippen molar-refractivity contribution in [2.45, 2.75) is 12.8 Å². The number of aliphatic imine (C=N–C) groups is 1. The molecule has 9 heteroatoms. The second kappa shape index (κ2) is 10.9. The van der Waals surface area contributed by atoms with Crippen LogP contribution in [0.25, 0.3) is 11.6 Å². The van der Waals surface area contributed by atoms with Gasteiger partial charge in [0.1, 0.15) is 5.69 Å². The van der Waals surface area contributed by atoms with Crippen molar-refractivity contribution in [1.82, 2.24) is 25.8 Å². The minimum absolute atomic E-state index is 0. The number of rotatable bonds is 7. The average molecular weight is 484 g/mol. The molecule has 0 aliphatic rings. The topological polar surface area (TPSA) is 88.2 Å². The van der Waals surface area contributed by atoms with Crippen molar-refractivity contribution >= 4 is 41.3 Å². The molecule has 0 bridgehead atoms. The lowest BCUT2D eigenvalue weighted by Crippen LogP contribution is -2.39. The zero-order valence-corrected chi connectivity index (χ0v) is 17.5. The van der Waals surface area contributed by atoms with Gasteiger partial charge in [-0.25, -0.2) is 0 Å². The van der Waals surface area contributed by atoms with E-state index in [2.05, 4.69) is 48.3 Å². The number of nitrogens with zero attached hydrogens (tertiary/aromatic N) is 4. The van der Waals surface area contributed by atoms with Gasteiger partial charge in [-0.05, 0) is 30.0 Å². The zero-order valence-electron chi connectivity index (χ0n) is 14.4. The van der Waals surface area contributed by atoms with Crippen LogP contribution in [0.4, 0.5) is 0 Å². The maximum absolute atomic E-state index is 5.24. The number of pyridine rings is 1. The molecular formula is C17H21IN6OS. The van der Waals surface area contributed by atoms with Crippen LogP contribution in [0.1, 0.15) is 10.7 Å². The summed E-state index contributed by atoms with van der Waals surface area (Å²) in [5.74, 6) is 1.85. The molecule has 0 unspecified atom stereocenters. The van der Waals surface area contributed by atoms with Crippen LogP contribution in [0.15, 0.2) is 51.4 Å². The molecule has 3 rings (SSSR count). The molecule has 0 radical (unpaired) electrons. The molecule has 0 amide bonds. The normalized spacial score (nSPS) is 11.0. The molecule has 7 nitrogen and oxygen atoms in total. The zero-order chi connectivity index (χ0) is 17.3. The van der Waals surface area contributed by atoms with Crippen molar-refractivity contribution in [3.8, 4) is 11.6 Å². The van der Waals surface area contributed by atoms with Crippen molar-refractivity contribution in [1.29, 1.82) is 0 Å². The van der Waals surface area contributed by atoms with Crippen LogP contribution < -0.4 is 10.6 Å². The van der Waals surface area contributed by atoms with E-state index in [1.807, 2.05) is 18.2 Å². The Morgan fingerprint density at radius 1 is 1.15 bits per heavy atom. The summed E-state index contributed by atoms with van der Waals surface area (Å²) in [5.41, 5.74) is 0.681. The second-order valence-corrected chi connectivity index (χ2v) is 6.27. The van der Waals surface area contributed by atoms with Crippen molar-refractivity contribution in [2.24, 2.45) is 4.99 Å². The molecule has 3 heterocycles. The van der Waals surface area contributed by atoms with Gasteiger partial charge in [0.2, 0.25) is 0 Å². The summed E-state index contributed by atoms with van der Waals surface area (Å²) in [5, 5.41) is 12.6. The molecule has 2 N–H and O–H groups in total. The third kappa shape index (κ3) is 6.06. The molecule has 138 valence electrons. The maximum atomic E-state index is 5.24. The number of guanidine groups is 1.